The second-order valence-corrected chi connectivity index (χ2v) is 5.71. The van der Waals surface area contributed by atoms with Crippen molar-refractivity contribution in [1.29, 1.82) is 0 Å². The second-order valence-electron chi connectivity index (χ2n) is 4.90. The summed E-state index contributed by atoms with van der Waals surface area (Å²) >= 11 is 12.4. The average molecular weight is 311 g/mol. The van der Waals surface area contributed by atoms with Crippen LogP contribution in [0.5, 0.6) is 0 Å². The predicted octanol–water partition coefficient (Wildman–Crippen LogP) is 3.67. The summed E-state index contributed by atoms with van der Waals surface area (Å²) in [7, 11) is 0. The van der Waals surface area contributed by atoms with E-state index in [2.05, 4.69) is 5.10 Å². The lowest BCUT2D eigenvalue weighted by Crippen LogP contribution is -2.05. The van der Waals surface area contributed by atoms with Gasteiger partial charge in [-0.2, -0.15) is 5.10 Å². The first kappa shape index (κ1) is 13.5. The normalized spacial score (nSPS) is 13.6. The van der Waals surface area contributed by atoms with Crippen LogP contribution < -0.4 is 0 Å². The third kappa shape index (κ3) is 2.00. The Morgan fingerprint density at radius 1 is 1.30 bits per heavy atom. The van der Waals surface area contributed by atoms with Crippen LogP contribution in [0.4, 0.5) is 0 Å². The van der Waals surface area contributed by atoms with Crippen LogP contribution in [0, 0.1) is 6.92 Å². The van der Waals surface area contributed by atoms with Gasteiger partial charge in [0.25, 0.3) is 0 Å². The molecule has 0 fully saturated rings. The van der Waals surface area contributed by atoms with Crippen molar-refractivity contribution in [2.75, 3.05) is 0 Å². The van der Waals surface area contributed by atoms with Gasteiger partial charge in [0.15, 0.2) is 5.69 Å². The van der Waals surface area contributed by atoms with E-state index in [4.69, 9.17) is 23.2 Å². The highest BCUT2D eigenvalue weighted by Gasteiger charge is 2.27. The number of aromatic carboxylic acids is 1. The molecular weight excluding hydrogens is 299 g/mol. The molecule has 1 aromatic carbocycles. The first-order valence-corrected chi connectivity index (χ1v) is 7.04. The summed E-state index contributed by atoms with van der Waals surface area (Å²) in [4.78, 5) is 11.3. The van der Waals surface area contributed by atoms with Gasteiger partial charge >= 0.3 is 5.97 Å². The van der Waals surface area contributed by atoms with E-state index < -0.39 is 5.97 Å². The number of halogens is 2. The molecule has 0 atom stereocenters. The number of hydrogen-bond donors (Lipinski definition) is 1. The molecule has 2 aromatic rings. The molecule has 20 heavy (non-hydrogen) atoms. The number of fused-ring (bicyclic) bond motifs is 1. The van der Waals surface area contributed by atoms with Gasteiger partial charge in [-0.15, -0.1) is 0 Å². The average Bonchev–Trinajstić information content (AvgIpc) is 2.95. The lowest BCUT2D eigenvalue weighted by molar-refractivity contribution is 0.0689. The Morgan fingerprint density at radius 3 is 2.75 bits per heavy atom. The fraction of sp³-hybridized carbons (Fsp3) is 0.286. The molecule has 0 spiro atoms. The van der Waals surface area contributed by atoms with E-state index in [9.17, 15) is 9.90 Å². The number of carboxylic acids is 1. The minimum Gasteiger partial charge on any atom is -0.476 e. The Labute approximate surface area is 125 Å². The highest BCUT2D eigenvalue weighted by Crippen LogP contribution is 2.32. The summed E-state index contributed by atoms with van der Waals surface area (Å²) in [6.07, 6.45) is 2.48. The fourth-order valence-corrected chi connectivity index (χ4v) is 3.06. The predicted molar refractivity (Wildman–Crippen MR) is 77.3 cm³/mol. The SMILES string of the molecule is Cc1cc(Cl)c(-n2nc(C(=O)O)c3c2CCC3)cc1Cl. The number of aromatic nitrogens is 2. The van der Waals surface area contributed by atoms with Crippen LogP contribution in [0.15, 0.2) is 12.1 Å². The fourth-order valence-electron chi connectivity index (χ4n) is 2.61. The Bertz CT molecular complexity index is 722. The number of carbonyl (C=O) groups is 1. The smallest absolute Gasteiger partial charge is 0.356 e. The van der Waals surface area contributed by atoms with E-state index in [0.29, 0.717) is 15.7 Å². The van der Waals surface area contributed by atoms with E-state index in [0.717, 1.165) is 36.1 Å². The number of benzene rings is 1. The topological polar surface area (TPSA) is 55.1 Å². The van der Waals surface area contributed by atoms with Crippen LogP contribution in [0.25, 0.3) is 5.69 Å². The van der Waals surface area contributed by atoms with Crippen LogP contribution in [0.2, 0.25) is 10.0 Å². The summed E-state index contributed by atoms with van der Waals surface area (Å²) in [5, 5.41) is 14.6. The highest BCUT2D eigenvalue weighted by atomic mass is 35.5. The number of aryl methyl sites for hydroxylation is 1. The summed E-state index contributed by atoms with van der Waals surface area (Å²) in [6, 6.07) is 3.50. The third-order valence-corrected chi connectivity index (χ3v) is 4.30. The van der Waals surface area contributed by atoms with Crippen molar-refractivity contribution in [1.82, 2.24) is 9.78 Å². The first-order chi connectivity index (χ1) is 9.49. The molecule has 0 saturated heterocycles. The molecule has 1 N–H and O–H groups in total. The van der Waals surface area contributed by atoms with Gasteiger partial charge in [-0.1, -0.05) is 23.2 Å². The van der Waals surface area contributed by atoms with Crippen LogP contribution >= 0.6 is 23.2 Å². The van der Waals surface area contributed by atoms with Crippen molar-refractivity contribution in [3.63, 3.8) is 0 Å². The van der Waals surface area contributed by atoms with Crippen LogP contribution in [-0.4, -0.2) is 20.9 Å². The molecule has 104 valence electrons. The molecule has 0 aliphatic heterocycles. The molecule has 0 amide bonds. The molecule has 0 saturated carbocycles. The summed E-state index contributed by atoms with van der Waals surface area (Å²) < 4.78 is 1.62. The standard InChI is InChI=1S/C14H12Cl2N2O2/c1-7-5-10(16)12(6-9(7)15)18-11-4-2-3-8(11)13(17-18)14(19)20/h5-6H,2-4H2,1H3,(H,19,20). The molecular formula is C14H12Cl2N2O2. The van der Waals surface area contributed by atoms with Gasteiger partial charge in [0.2, 0.25) is 0 Å². The molecule has 3 rings (SSSR count). The molecule has 0 unspecified atom stereocenters. The van der Waals surface area contributed by atoms with Gasteiger partial charge in [0.05, 0.1) is 10.7 Å². The van der Waals surface area contributed by atoms with E-state index in [1.807, 2.05) is 6.92 Å². The van der Waals surface area contributed by atoms with Crippen molar-refractivity contribution >= 4 is 29.2 Å². The maximum absolute atomic E-state index is 11.3. The van der Waals surface area contributed by atoms with Gasteiger partial charge in [-0.05, 0) is 43.9 Å². The Kier molecular flexibility index (Phi) is 3.22. The van der Waals surface area contributed by atoms with Crippen molar-refractivity contribution < 1.29 is 9.90 Å². The van der Waals surface area contributed by atoms with Crippen molar-refractivity contribution in [3.05, 3.63) is 44.7 Å². The number of rotatable bonds is 2. The minimum atomic E-state index is -1.00. The zero-order valence-electron chi connectivity index (χ0n) is 10.8. The quantitative estimate of drug-likeness (QED) is 0.920. The number of nitrogens with zero attached hydrogens (tertiary/aromatic N) is 2. The van der Waals surface area contributed by atoms with Gasteiger partial charge in [-0.25, -0.2) is 9.48 Å². The van der Waals surface area contributed by atoms with Gasteiger partial charge in [0, 0.05) is 16.3 Å². The molecule has 0 radical (unpaired) electrons. The van der Waals surface area contributed by atoms with Gasteiger partial charge in [0.1, 0.15) is 0 Å². The number of hydrogen-bond acceptors (Lipinski definition) is 2. The molecule has 1 aliphatic carbocycles. The maximum Gasteiger partial charge on any atom is 0.356 e. The van der Waals surface area contributed by atoms with Gasteiger partial charge in [-0.3, -0.25) is 0 Å². The third-order valence-electron chi connectivity index (χ3n) is 3.59. The number of carboxylic acid groups (broad SMARTS) is 1. The van der Waals surface area contributed by atoms with Crippen molar-refractivity contribution in [2.45, 2.75) is 26.2 Å². The van der Waals surface area contributed by atoms with Crippen LogP contribution in [-0.2, 0) is 12.8 Å². The first-order valence-electron chi connectivity index (χ1n) is 6.29. The minimum absolute atomic E-state index is 0.116. The zero-order valence-corrected chi connectivity index (χ0v) is 12.3. The zero-order chi connectivity index (χ0) is 14.4. The molecule has 0 bridgehead atoms. The maximum atomic E-state index is 11.3. The van der Waals surface area contributed by atoms with Crippen LogP contribution in [0.1, 0.15) is 33.7 Å². The molecule has 4 nitrogen and oxygen atoms in total. The molecule has 1 aliphatic rings. The van der Waals surface area contributed by atoms with Crippen LogP contribution in [0.3, 0.4) is 0 Å². The lowest BCUT2D eigenvalue weighted by atomic mass is 10.2. The molecule has 6 heteroatoms. The van der Waals surface area contributed by atoms with E-state index >= 15 is 0 Å². The van der Waals surface area contributed by atoms with E-state index in [1.54, 1.807) is 16.8 Å². The Morgan fingerprint density at radius 2 is 2.05 bits per heavy atom. The van der Waals surface area contributed by atoms with Crippen molar-refractivity contribution in [2.24, 2.45) is 0 Å². The Balaban J connectivity index is 2.23. The summed E-state index contributed by atoms with van der Waals surface area (Å²) in [6.45, 7) is 1.87. The van der Waals surface area contributed by atoms with E-state index in [1.165, 1.54) is 0 Å². The lowest BCUT2D eigenvalue weighted by Gasteiger charge is -2.10. The second kappa shape index (κ2) is 4.79. The summed E-state index contributed by atoms with van der Waals surface area (Å²) in [5.41, 5.74) is 3.36. The van der Waals surface area contributed by atoms with E-state index in [-0.39, 0.29) is 5.69 Å². The summed E-state index contributed by atoms with van der Waals surface area (Å²) in [5.74, 6) is -1.00. The molecule has 1 heterocycles. The van der Waals surface area contributed by atoms with Crippen molar-refractivity contribution in [3.8, 4) is 5.69 Å². The molecule has 1 aromatic heterocycles. The Hall–Kier alpha value is -1.52. The van der Waals surface area contributed by atoms with Gasteiger partial charge < -0.3 is 5.11 Å². The largest absolute Gasteiger partial charge is 0.476 e. The highest BCUT2D eigenvalue weighted by molar-refractivity contribution is 6.35. The monoisotopic (exact) mass is 310 g/mol.